The van der Waals surface area contributed by atoms with Crippen LogP contribution in [-0.2, 0) is 4.74 Å². The molecule has 0 bridgehead atoms. The van der Waals surface area contributed by atoms with Gasteiger partial charge in [0.25, 0.3) is 0 Å². The van der Waals surface area contributed by atoms with E-state index in [2.05, 4.69) is 4.99 Å². The van der Waals surface area contributed by atoms with Gasteiger partial charge in [-0.15, -0.1) is 0 Å². The molecule has 5 nitrogen and oxygen atoms in total. The largest absolute Gasteiger partial charge is 0.493 e. The first kappa shape index (κ1) is 16.9. The summed E-state index contributed by atoms with van der Waals surface area (Å²) >= 11 is 6.73. The molecule has 1 aromatic heterocycles. The van der Waals surface area contributed by atoms with Crippen LogP contribution in [0.1, 0.15) is 47.0 Å². The summed E-state index contributed by atoms with van der Waals surface area (Å²) in [6.45, 7) is 0. The number of nitrogens with zero attached hydrogens (tertiary/aromatic N) is 2. The Morgan fingerprint density at radius 3 is 2.83 bits per heavy atom. The fourth-order valence-electron chi connectivity index (χ4n) is 2.96. The van der Waals surface area contributed by atoms with E-state index in [4.69, 9.17) is 17.0 Å². The van der Waals surface area contributed by atoms with Gasteiger partial charge in [0.1, 0.15) is 4.88 Å². The maximum atomic E-state index is 11.8. The number of benzene rings is 1. The number of aromatic nitrogens is 1. The van der Waals surface area contributed by atoms with Gasteiger partial charge >= 0.3 is 5.97 Å². The number of carbonyl (C=O) groups is 1. The first-order valence-electron chi connectivity index (χ1n) is 7.77. The summed E-state index contributed by atoms with van der Waals surface area (Å²) in [6, 6.07) is 7.21. The third kappa shape index (κ3) is 3.27. The van der Waals surface area contributed by atoms with Crippen molar-refractivity contribution < 1.29 is 14.6 Å². The molecule has 126 valence electrons. The molecular formula is C17H18N2O3S2. The highest BCUT2D eigenvalue weighted by molar-refractivity contribution is 7.73. The lowest BCUT2D eigenvalue weighted by Gasteiger charge is -2.12. The molecule has 1 aliphatic rings. The number of rotatable bonds is 4. The quantitative estimate of drug-likeness (QED) is 0.489. The molecule has 3 rings (SSSR count). The van der Waals surface area contributed by atoms with E-state index >= 15 is 0 Å². The number of aromatic hydroxyl groups is 1. The van der Waals surface area contributed by atoms with Crippen LogP contribution in [0.15, 0.2) is 29.3 Å². The Hall–Kier alpha value is -1.99. The van der Waals surface area contributed by atoms with Crippen LogP contribution < -0.4 is 0 Å². The first-order valence-corrected chi connectivity index (χ1v) is 9.00. The molecule has 0 aliphatic heterocycles. The Labute approximate surface area is 149 Å². The Bertz CT molecular complexity index is 833. The second-order valence-corrected chi connectivity index (χ2v) is 7.31. The van der Waals surface area contributed by atoms with Crippen LogP contribution in [0.5, 0.6) is 5.88 Å². The standard InChI is InChI=1S/C17H18N2O3S2/c1-22-16(21)12-8-4-5-9-13(12)18-10-14-15(20)19(17(23)24-14)11-6-2-3-7-11/h4-5,8-11,20H,2-3,6-7H2,1H3. The highest BCUT2D eigenvalue weighted by Gasteiger charge is 2.22. The molecule has 0 unspecified atom stereocenters. The van der Waals surface area contributed by atoms with Crippen molar-refractivity contribution >= 4 is 41.4 Å². The zero-order valence-corrected chi connectivity index (χ0v) is 14.9. The van der Waals surface area contributed by atoms with Crippen molar-refractivity contribution in [2.24, 2.45) is 4.99 Å². The molecular weight excluding hydrogens is 344 g/mol. The number of hydrogen-bond acceptors (Lipinski definition) is 6. The van der Waals surface area contributed by atoms with Crippen molar-refractivity contribution in [2.45, 2.75) is 31.7 Å². The van der Waals surface area contributed by atoms with E-state index in [0.29, 0.717) is 20.1 Å². The van der Waals surface area contributed by atoms with E-state index in [-0.39, 0.29) is 11.9 Å². The molecule has 0 atom stereocenters. The number of aliphatic imine (C=N–C) groups is 1. The average molecular weight is 362 g/mol. The fourth-order valence-corrected chi connectivity index (χ4v) is 4.28. The van der Waals surface area contributed by atoms with E-state index < -0.39 is 5.97 Å². The molecule has 1 aromatic carbocycles. The van der Waals surface area contributed by atoms with E-state index in [0.717, 1.165) is 25.7 Å². The summed E-state index contributed by atoms with van der Waals surface area (Å²) in [5.41, 5.74) is 0.880. The van der Waals surface area contributed by atoms with Crippen LogP contribution in [0.4, 0.5) is 5.69 Å². The zero-order valence-electron chi connectivity index (χ0n) is 13.3. The number of ether oxygens (including phenoxy) is 1. The predicted octanol–water partition coefficient (Wildman–Crippen LogP) is 4.64. The van der Waals surface area contributed by atoms with Gasteiger partial charge in [-0.1, -0.05) is 36.3 Å². The number of methoxy groups -OCH3 is 1. The van der Waals surface area contributed by atoms with Crippen molar-refractivity contribution in [2.75, 3.05) is 7.11 Å². The van der Waals surface area contributed by atoms with Gasteiger partial charge in [-0.3, -0.25) is 9.56 Å². The number of thiazole rings is 1. The van der Waals surface area contributed by atoms with E-state index in [1.54, 1.807) is 30.5 Å². The molecule has 7 heteroatoms. The van der Waals surface area contributed by atoms with Crippen LogP contribution in [0.3, 0.4) is 0 Å². The molecule has 2 aromatic rings. The van der Waals surface area contributed by atoms with Crippen LogP contribution >= 0.6 is 23.6 Å². The normalized spacial score (nSPS) is 15.2. The van der Waals surface area contributed by atoms with Crippen LogP contribution in [-0.4, -0.2) is 29.0 Å². The summed E-state index contributed by atoms with van der Waals surface area (Å²) in [7, 11) is 1.34. The minimum absolute atomic E-state index is 0.163. The Morgan fingerprint density at radius 1 is 1.42 bits per heavy atom. The molecule has 0 amide bonds. The third-order valence-corrected chi connectivity index (χ3v) is 5.49. The fraction of sp³-hybridized carbons (Fsp3) is 0.353. The Morgan fingerprint density at radius 2 is 2.12 bits per heavy atom. The lowest BCUT2D eigenvalue weighted by atomic mass is 10.2. The van der Waals surface area contributed by atoms with Gasteiger partial charge in [0, 0.05) is 6.04 Å². The molecule has 0 radical (unpaired) electrons. The van der Waals surface area contributed by atoms with Gasteiger partial charge in [-0.2, -0.15) is 0 Å². The van der Waals surface area contributed by atoms with E-state index in [1.807, 2.05) is 4.57 Å². The van der Waals surface area contributed by atoms with Crippen molar-refractivity contribution in [3.05, 3.63) is 38.7 Å². The highest BCUT2D eigenvalue weighted by atomic mass is 32.1. The molecule has 0 spiro atoms. The summed E-state index contributed by atoms with van der Waals surface area (Å²) in [4.78, 5) is 16.7. The Balaban J connectivity index is 1.92. The second-order valence-electron chi connectivity index (χ2n) is 5.63. The summed E-state index contributed by atoms with van der Waals surface area (Å²) in [5.74, 6) is -0.278. The SMILES string of the molecule is COC(=O)c1ccccc1N=Cc1sc(=S)n(C2CCCC2)c1O. The van der Waals surface area contributed by atoms with Gasteiger partial charge < -0.3 is 9.84 Å². The van der Waals surface area contributed by atoms with Crippen molar-refractivity contribution in [1.29, 1.82) is 0 Å². The Kier molecular flexibility index (Phi) is 5.11. The van der Waals surface area contributed by atoms with Crippen LogP contribution in [0, 0.1) is 3.95 Å². The molecule has 1 aliphatic carbocycles. The van der Waals surface area contributed by atoms with Crippen molar-refractivity contribution in [1.82, 2.24) is 4.57 Å². The third-order valence-electron chi connectivity index (χ3n) is 4.16. The number of hydrogen-bond donors (Lipinski definition) is 1. The first-order chi connectivity index (χ1) is 11.6. The van der Waals surface area contributed by atoms with Crippen molar-refractivity contribution in [3.63, 3.8) is 0 Å². The maximum Gasteiger partial charge on any atom is 0.340 e. The smallest absolute Gasteiger partial charge is 0.340 e. The second kappa shape index (κ2) is 7.27. The van der Waals surface area contributed by atoms with E-state index in [9.17, 15) is 9.90 Å². The van der Waals surface area contributed by atoms with Gasteiger partial charge in [0.15, 0.2) is 3.95 Å². The number of carbonyl (C=O) groups excluding carboxylic acids is 1. The van der Waals surface area contributed by atoms with Crippen LogP contribution in [0.25, 0.3) is 0 Å². The lowest BCUT2D eigenvalue weighted by molar-refractivity contribution is 0.0601. The molecule has 1 saturated carbocycles. The molecule has 1 fully saturated rings. The van der Waals surface area contributed by atoms with Gasteiger partial charge in [-0.05, 0) is 37.2 Å². The zero-order chi connectivity index (χ0) is 17.1. The predicted molar refractivity (Wildman–Crippen MR) is 97.3 cm³/mol. The minimum Gasteiger partial charge on any atom is -0.493 e. The molecule has 0 saturated heterocycles. The molecule has 1 heterocycles. The van der Waals surface area contributed by atoms with Gasteiger partial charge in [-0.25, -0.2) is 4.79 Å². The number of esters is 1. The highest BCUT2D eigenvalue weighted by Crippen LogP contribution is 2.37. The summed E-state index contributed by atoms with van der Waals surface area (Å²) in [6.07, 6.45) is 5.97. The average Bonchev–Trinajstić information content (AvgIpc) is 3.20. The summed E-state index contributed by atoms with van der Waals surface area (Å²) < 4.78 is 7.25. The molecule has 24 heavy (non-hydrogen) atoms. The summed E-state index contributed by atoms with van der Waals surface area (Å²) in [5, 5.41) is 10.5. The topological polar surface area (TPSA) is 63.8 Å². The monoisotopic (exact) mass is 362 g/mol. The number of para-hydroxylation sites is 1. The lowest BCUT2D eigenvalue weighted by Crippen LogP contribution is -2.03. The molecule has 1 N–H and O–H groups in total. The maximum absolute atomic E-state index is 11.8. The van der Waals surface area contributed by atoms with Gasteiger partial charge in [0.05, 0.1) is 24.6 Å². The van der Waals surface area contributed by atoms with Crippen molar-refractivity contribution in [3.8, 4) is 5.88 Å². The van der Waals surface area contributed by atoms with E-state index in [1.165, 1.54) is 18.4 Å². The van der Waals surface area contributed by atoms with Crippen LogP contribution in [0.2, 0.25) is 0 Å². The van der Waals surface area contributed by atoms with Gasteiger partial charge in [0.2, 0.25) is 5.88 Å². The minimum atomic E-state index is -0.442.